The van der Waals surface area contributed by atoms with Crippen LogP contribution >= 0.6 is 11.6 Å². The molecule has 0 radical (unpaired) electrons. The molecule has 2 aromatic heterocycles. The second kappa shape index (κ2) is 7.83. The number of nitrogens with one attached hydrogen (secondary N) is 2. The molecule has 0 saturated carbocycles. The number of carbonyl (C=O) groups is 2. The summed E-state index contributed by atoms with van der Waals surface area (Å²) in [4.78, 5) is 35.9. The van der Waals surface area contributed by atoms with E-state index in [2.05, 4.69) is 15.7 Å². The molecule has 3 rings (SSSR count). The standard InChI is InChI=1S/C17H16ClN5O3/c18-13-6-4-12(5-7-13)16(25)20-9-8-19-15(24)11-23-17(26)22-10-2-1-3-14(22)21-23/h1-7,10H,8-9,11H2,(H,19,24)(H,20,25). The van der Waals surface area contributed by atoms with Gasteiger partial charge < -0.3 is 10.6 Å². The quantitative estimate of drug-likeness (QED) is 0.621. The summed E-state index contributed by atoms with van der Waals surface area (Å²) in [5, 5.41) is 9.95. The van der Waals surface area contributed by atoms with E-state index < -0.39 is 0 Å². The first-order chi connectivity index (χ1) is 12.5. The third-order valence-electron chi connectivity index (χ3n) is 3.62. The molecule has 0 unspecified atom stereocenters. The van der Waals surface area contributed by atoms with Crippen molar-refractivity contribution in [1.82, 2.24) is 24.8 Å². The van der Waals surface area contributed by atoms with Crippen LogP contribution in [0.5, 0.6) is 0 Å². The minimum atomic E-state index is -0.383. The number of pyridine rings is 1. The maximum Gasteiger partial charge on any atom is 0.350 e. The fourth-order valence-corrected chi connectivity index (χ4v) is 2.47. The van der Waals surface area contributed by atoms with Crippen molar-refractivity contribution in [1.29, 1.82) is 0 Å². The summed E-state index contributed by atoms with van der Waals surface area (Å²) in [6.07, 6.45) is 1.59. The summed E-state index contributed by atoms with van der Waals surface area (Å²) in [5.41, 5.74) is 0.573. The molecule has 0 fully saturated rings. The van der Waals surface area contributed by atoms with E-state index in [0.717, 1.165) is 4.68 Å². The van der Waals surface area contributed by atoms with E-state index in [0.29, 0.717) is 16.2 Å². The zero-order chi connectivity index (χ0) is 18.5. The van der Waals surface area contributed by atoms with Crippen molar-refractivity contribution < 1.29 is 9.59 Å². The van der Waals surface area contributed by atoms with Gasteiger partial charge in [0.1, 0.15) is 6.54 Å². The lowest BCUT2D eigenvalue weighted by Crippen LogP contribution is -2.37. The molecule has 0 spiro atoms. The summed E-state index contributed by atoms with van der Waals surface area (Å²) in [6.45, 7) is 0.305. The summed E-state index contributed by atoms with van der Waals surface area (Å²) in [5.74, 6) is -0.622. The van der Waals surface area contributed by atoms with Crippen LogP contribution in [-0.2, 0) is 11.3 Å². The second-order valence-corrected chi connectivity index (χ2v) is 5.92. The van der Waals surface area contributed by atoms with E-state index in [9.17, 15) is 14.4 Å². The van der Waals surface area contributed by atoms with Crippen LogP contribution in [-0.4, -0.2) is 39.1 Å². The minimum absolute atomic E-state index is 0.189. The van der Waals surface area contributed by atoms with Gasteiger partial charge in [-0.3, -0.25) is 14.0 Å². The molecule has 2 amide bonds. The van der Waals surface area contributed by atoms with Crippen molar-refractivity contribution in [3.05, 3.63) is 69.7 Å². The van der Waals surface area contributed by atoms with Crippen LogP contribution in [0.1, 0.15) is 10.4 Å². The smallest absolute Gasteiger partial charge is 0.350 e. The number of rotatable bonds is 6. The Labute approximate surface area is 153 Å². The number of benzene rings is 1. The molecule has 0 bridgehead atoms. The number of fused-ring (bicyclic) bond motifs is 1. The first-order valence-corrected chi connectivity index (χ1v) is 8.27. The molecule has 26 heavy (non-hydrogen) atoms. The predicted octanol–water partition coefficient (Wildman–Crippen LogP) is 0.696. The second-order valence-electron chi connectivity index (χ2n) is 5.48. The van der Waals surface area contributed by atoms with Gasteiger partial charge in [-0.2, -0.15) is 0 Å². The van der Waals surface area contributed by atoms with Crippen molar-refractivity contribution in [2.75, 3.05) is 13.1 Å². The van der Waals surface area contributed by atoms with Crippen LogP contribution in [0.4, 0.5) is 0 Å². The van der Waals surface area contributed by atoms with Crippen molar-refractivity contribution in [2.24, 2.45) is 0 Å². The number of carbonyl (C=O) groups excluding carboxylic acids is 2. The van der Waals surface area contributed by atoms with Gasteiger partial charge in [0.15, 0.2) is 5.65 Å². The van der Waals surface area contributed by atoms with Crippen molar-refractivity contribution in [2.45, 2.75) is 6.54 Å². The molecule has 0 aliphatic rings. The van der Waals surface area contributed by atoms with Crippen LogP contribution in [0.25, 0.3) is 5.65 Å². The Hall–Kier alpha value is -3.13. The number of nitrogens with zero attached hydrogens (tertiary/aromatic N) is 3. The Morgan fingerprint density at radius 3 is 2.50 bits per heavy atom. The van der Waals surface area contributed by atoms with E-state index in [1.165, 1.54) is 4.40 Å². The molecule has 9 heteroatoms. The number of amides is 2. The molecule has 0 saturated heterocycles. The van der Waals surface area contributed by atoms with Gasteiger partial charge in [-0.1, -0.05) is 17.7 Å². The van der Waals surface area contributed by atoms with E-state index in [1.807, 2.05) is 0 Å². The normalized spacial score (nSPS) is 10.7. The van der Waals surface area contributed by atoms with E-state index >= 15 is 0 Å². The maximum absolute atomic E-state index is 12.1. The SMILES string of the molecule is O=C(Cn1nc2ccccn2c1=O)NCCNC(=O)c1ccc(Cl)cc1. The Kier molecular flexibility index (Phi) is 5.33. The molecule has 0 aliphatic carbocycles. The summed E-state index contributed by atoms with van der Waals surface area (Å²) in [7, 11) is 0. The predicted molar refractivity (Wildman–Crippen MR) is 96.2 cm³/mol. The highest BCUT2D eigenvalue weighted by atomic mass is 35.5. The fourth-order valence-electron chi connectivity index (χ4n) is 2.34. The number of hydrogen-bond donors (Lipinski definition) is 2. The van der Waals surface area contributed by atoms with Crippen LogP contribution in [0, 0.1) is 0 Å². The molecular formula is C17H16ClN5O3. The van der Waals surface area contributed by atoms with Gasteiger partial charge >= 0.3 is 5.69 Å². The number of hydrogen-bond acceptors (Lipinski definition) is 4. The van der Waals surface area contributed by atoms with E-state index in [1.54, 1.807) is 48.7 Å². The van der Waals surface area contributed by atoms with Gasteiger partial charge in [0.2, 0.25) is 5.91 Å². The zero-order valence-corrected chi connectivity index (χ0v) is 14.4. The van der Waals surface area contributed by atoms with Crippen LogP contribution < -0.4 is 16.3 Å². The lowest BCUT2D eigenvalue weighted by Gasteiger charge is -2.07. The van der Waals surface area contributed by atoms with Crippen molar-refractivity contribution in [3.8, 4) is 0 Å². The van der Waals surface area contributed by atoms with Crippen molar-refractivity contribution >= 4 is 29.1 Å². The number of halogens is 1. The van der Waals surface area contributed by atoms with Gasteiger partial charge in [0.05, 0.1) is 0 Å². The molecule has 0 aliphatic heterocycles. The highest BCUT2D eigenvalue weighted by Gasteiger charge is 2.10. The summed E-state index contributed by atoms with van der Waals surface area (Å²) >= 11 is 5.77. The molecule has 1 aromatic carbocycles. The highest BCUT2D eigenvalue weighted by molar-refractivity contribution is 6.30. The molecule has 0 atom stereocenters. The van der Waals surface area contributed by atoms with E-state index in [-0.39, 0.29) is 37.1 Å². The minimum Gasteiger partial charge on any atom is -0.353 e. The van der Waals surface area contributed by atoms with Gasteiger partial charge in [0.25, 0.3) is 5.91 Å². The topological polar surface area (TPSA) is 97.5 Å². The first-order valence-electron chi connectivity index (χ1n) is 7.89. The Morgan fingerprint density at radius 1 is 1.04 bits per heavy atom. The van der Waals surface area contributed by atoms with Gasteiger partial charge in [-0.15, -0.1) is 5.10 Å². The Morgan fingerprint density at radius 2 is 1.77 bits per heavy atom. The highest BCUT2D eigenvalue weighted by Crippen LogP contribution is 2.09. The fraction of sp³-hybridized carbons (Fsp3) is 0.176. The molecule has 3 aromatic rings. The summed E-state index contributed by atoms with van der Waals surface area (Å²) < 4.78 is 2.45. The lowest BCUT2D eigenvalue weighted by atomic mass is 10.2. The number of aromatic nitrogens is 3. The third-order valence-corrected chi connectivity index (χ3v) is 3.87. The molecule has 134 valence electrons. The molecule has 2 heterocycles. The first kappa shape index (κ1) is 17.7. The Balaban J connectivity index is 1.47. The monoisotopic (exact) mass is 373 g/mol. The van der Waals surface area contributed by atoms with Gasteiger partial charge in [-0.25, -0.2) is 9.48 Å². The van der Waals surface area contributed by atoms with E-state index in [4.69, 9.17) is 11.6 Å². The lowest BCUT2D eigenvalue weighted by molar-refractivity contribution is -0.121. The van der Waals surface area contributed by atoms with Crippen LogP contribution in [0.15, 0.2) is 53.5 Å². The largest absolute Gasteiger partial charge is 0.353 e. The van der Waals surface area contributed by atoms with Gasteiger partial charge in [-0.05, 0) is 36.4 Å². The zero-order valence-electron chi connectivity index (χ0n) is 13.7. The summed E-state index contributed by atoms with van der Waals surface area (Å²) in [6, 6.07) is 11.6. The Bertz CT molecular complexity index is 994. The average Bonchev–Trinajstić information content (AvgIpc) is 2.95. The molecule has 8 nitrogen and oxygen atoms in total. The van der Waals surface area contributed by atoms with Crippen LogP contribution in [0.3, 0.4) is 0 Å². The van der Waals surface area contributed by atoms with Crippen LogP contribution in [0.2, 0.25) is 5.02 Å². The van der Waals surface area contributed by atoms with Crippen molar-refractivity contribution in [3.63, 3.8) is 0 Å². The molecule has 2 N–H and O–H groups in total. The maximum atomic E-state index is 12.1. The third kappa shape index (κ3) is 4.09. The average molecular weight is 374 g/mol. The van der Waals surface area contributed by atoms with Gasteiger partial charge in [0, 0.05) is 29.9 Å². The molecular weight excluding hydrogens is 358 g/mol.